The predicted molar refractivity (Wildman–Crippen MR) is 83.1 cm³/mol. The van der Waals surface area contributed by atoms with Crippen LogP contribution in [-0.2, 0) is 11.3 Å². The fraction of sp³-hybridized carbons (Fsp3) is 0.529. The summed E-state index contributed by atoms with van der Waals surface area (Å²) in [4.78, 5) is 10.6. The molecule has 2 aromatic rings. The molecule has 23 heavy (non-hydrogen) atoms. The molecule has 2 aliphatic heterocycles. The highest BCUT2D eigenvalue weighted by Crippen LogP contribution is 2.36. The van der Waals surface area contributed by atoms with Gasteiger partial charge < -0.3 is 13.9 Å². The van der Waals surface area contributed by atoms with E-state index in [9.17, 15) is 0 Å². The first-order valence-electron chi connectivity index (χ1n) is 8.05. The van der Waals surface area contributed by atoms with E-state index >= 15 is 0 Å². The molecular formula is C17H21N3O3. The van der Waals surface area contributed by atoms with Gasteiger partial charge in [0.05, 0.1) is 24.9 Å². The lowest BCUT2D eigenvalue weighted by molar-refractivity contribution is -0.189. The molecular weight excluding hydrogens is 294 g/mol. The van der Waals surface area contributed by atoms with Crippen LogP contribution in [0.15, 0.2) is 35.1 Å². The summed E-state index contributed by atoms with van der Waals surface area (Å²) in [6.45, 7) is 5.40. The molecule has 2 fully saturated rings. The van der Waals surface area contributed by atoms with Gasteiger partial charge >= 0.3 is 0 Å². The fourth-order valence-corrected chi connectivity index (χ4v) is 3.49. The molecule has 2 saturated heterocycles. The van der Waals surface area contributed by atoms with Crippen molar-refractivity contribution in [3.8, 4) is 5.88 Å². The van der Waals surface area contributed by atoms with E-state index in [2.05, 4.69) is 14.9 Å². The topological polar surface area (TPSA) is 60.6 Å². The maximum Gasteiger partial charge on any atom is 0.232 e. The van der Waals surface area contributed by atoms with Gasteiger partial charge in [0.2, 0.25) is 5.88 Å². The molecule has 0 saturated carbocycles. The monoisotopic (exact) mass is 315 g/mol. The quantitative estimate of drug-likeness (QED) is 0.862. The van der Waals surface area contributed by atoms with Gasteiger partial charge in [-0.2, -0.15) is 0 Å². The summed E-state index contributed by atoms with van der Waals surface area (Å²) in [7, 11) is 0. The highest BCUT2D eigenvalue weighted by molar-refractivity contribution is 5.09. The van der Waals surface area contributed by atoms with Crippen LogP contribution < -0.4 is 4.74 Å². The van der Waals surface area contributed by atoms with Crippen molar-refractivity contribution < 1.29 is 13.9 Å². The van der Waals surface area contributed by atoms with Gasteiger partial charge in [-0.15, -0.1) is 0 Å². The van der Waals surface area contributed by atoms with Crippen LogP contribution >= 0.6 is 0 Å². The summed E-state index contributed by atoms with van der Waals surface area (Å²) in [5.41, 5.74) is -0.0766. The Hall–Kier alpha value is -1.92. The summed E-state index contributed by atoms with van der Waals surface area (Å²) in [6, 6.07) is 4.05. The van der Waals surface area contributed by atoms with Gasteiger partial charge in [0, 0.05) is 38.3 Å². The molecule has 0 radical (unpaired) electrons. The van der Waals surface area contributed by atoms with Crippen LogP contribution in [0.1, 0.15) is 24.4 Å². The second-order valence-electron chi connectivity index (χ2n) is 6.47. The number of likely N-dealkylation sites (tertiary alicyclic amines) is 1. The van der Waals surface area contributed by atoms with Crippen LogP contribution in [0, 0.1) is 6.92 Å². The second kappa shape index (κ2) is 5.94. The van der Waals surface area contributed by atoms with Crippen LogP contribution in [-0.4, -0.2) is 46.3 Å². The Bertz CT molecular complexity index is 652. The van der Waals surface area contributed by atoms with E-state index < -0.39 is 0 Å². The number of aromatic nitrogens is 2. The second-order valence-corrected chi connectivity index (χ2v) is 6.47. The summed E-state index contributed by atoms with van der Waals surface area (Å²) < 4.78 is 17.7. The van der Waals surface area contributed by atoms with E-state index in [1.54, 1.807) is 18.6 Å². The van der Waals surface area contributed by atoms with Crippen molar-refractivity contribution in [2.24, 2.45) is 0 Å². The van der Waals surface area contributed by atoms with E-state index in [0.29, 0.717) is 5.88 Å². The minimum absolute atomic E-state index is 0.0766. The maximum absolute atomic E-state index is 6.05. The van der Waals surface area contributed by atoms with Crippen molar-refractivity contribution in [2.75, 3.05) is 19.7 Å². The van der Waals surface area contributed by atoms with Crippen LogP contribution in [0.25, 0.3) is 0 Å². The number of furan rings is 1. The van der Waals surface area contributed by atoms with Gasteiger partial charge in [0.15, 0.2) is 0 Å². The summed E-state index contributed by atoms with van der Waals surface area (Å²) >= 11 is 0. The number of hydrogen-bond donors (Lipinski definition) is 0. The van der Waals surface area contributed by atoms with E-state index in [-0.39, 0.29) is 11.7 Å². The molecule has 4 heterocycles. The third-order valence-corrected chi connectivity index (χ3v) is 4.47. The van der Waals surface area contributed by atoms with Crippen LogP contribution in [0.3, 0.4) is 0 Å². The minimum Gasteiger partial charge on any atom is -0.473 e. The standard InChI is InChI=1S/C17H21N3O3/c1-13-2-3-15(22-13)10-20-11-17(12-20)8-14(4-7-21-17)23-16-9-18-5-6-19-16/h2-3,5-6,9,14H,4,7-8,10-12H2,1H3/t14-/m0/s1. The van der Waals surface area contributed by atoms with Crippen LogP contribution in [0.2, 0.25) is 0 Å². The van der Waals surface area contributed by atoms with Gasteiger partial charge in [0.25, 0.3) is 0 Å². The number of hydrogen-bond acceptors (Lipinski definition) is 6. The van der Waals surface area contributed by atoms with E-state index in [0.717, 1.165) is 50.6 Å². The molecule has 0 N–H and O–H groups in total. The predicted octanol–water partition coefficient (Wildman–Crippen LogP) is 2.19. The molecule has 0 bridgehead atoms. The van der Waals surface area contributed by atoms with Gasteiger partial charge in [-0.3, -0.25) is 9.88 Å². The smallest absolute Gasteiger partial charge is 0.232 e. The molecule has 2 aromatic heterocycles. The van der Waals surface area contributed by atoms with Crippen molar-refractivity contribution in [3.05, 3.63) is 42.2 Å². The Morgan fingerprint density at radius 3 is 3.00 bits per heavy atom. The average Bonchev–Trinajstić information content (AvgIpc) is 2.92. The molecule has 4 rings (SSSR count). The van der Waals surface area contributed by atoms with E-state index in [1.807, 2.05) is 19.1 Å². The molecule has 1 atom stereocenters. The first kappa shape index (κ1) is 14.7. The van der Waals surface area contributed by atoms with Crippen LogP contribution in [0.4, 0.5) is 0 Å². The maximum atomic E-state index is 6.05. The van der Waals surface area contributed by atoms with Gasteiger partial charge in [-0.1, -0.05) is 0 Å². The van der Waals surface area contributed by atoms with Crippen molar-refractivity contribution in [1.29, 1.82) is 0 Å². The number of ether oxygens (including phenoxy) is 2. The SMILES string of the molecule is Cc1ccc(CN2CC3(C[C@@H](Oc4cnccn4)CCO3)C2)o1. The number of aryl methyl sites for hydroxylation is 1. The van der Waals surface area contributed by atoms with Crippen LogP contribution in [0.5, 0.6) is 5.88 Å². The summed E-state index contributed by atoms with van der Waals surface area (Å²) in [5, 5.41) is 0. The Balaban J connectivity index is 1.32. The van der Waals surface area contributed by atoms with Gasteiger partial charge in [0.1, 0.15) is 17.6 Å². The molecule has 0 aliphatic carbocycles. The zero-order chi connectivity index (χ0) is 15.7. The van der Waals surface area contributed by atoms with E-state index in [1.165, 1.54) is 0 Å². The normalized spacial score (nSPS) is 23.6. The lowest BCUT2D eigenvalue weighted by Gasteiger charge is -2.52. The average molecular weight is 315 g/mol. The number of nitrogens with zero attached hydrogens (tertiary/aromatic N) is 3. The Labute approximate surface area is 135 Å². The third kappa shape index (κ3) is 3.23. The van der Waals surface area contributed by atoms with Crippen molar-refractivity contribution in [1.82, 2.24) is 14.9 Å². The molecule has 1 spiro atoms. The Kier molecular flexibility index (Phi) is 3.79. The Morgan fingerprint density at radius 2 is 2.26 bits per heavy atom. The zero-order valence-corrected chi connectivity index (χ0v) is 13.3. The third-order valence-electron chi connectivity index (χ3n) is 4.47. The lowest BCUT2D eigenvalue weighted by atomic mass is 9.84. The molecule has 6 nitrogen and oxygen atoms in total. The molecule has 2 aliphatic rings. The van der Waals surface area contributed by atoms with E-state index in [4.69, 9.17) is 13.9 Å². The molecule has 0 amide bonds. The Morgan fingerprint density at radius 1 is 1.35 bits per heavy atom. The fourth-order valence-electron chi connectivity index (χ4n) is 3.49. The highest BCUT2D eigenvalue weighted by atomic mass is 16.5. The van der Waals surface area contributed by atoms with Crippen molar-refractivity contribution >= 4 is 0 Å². The van der Waals surface area contributed by atoms with Gasteiger partial charge in [-0.05, 0) is 19.1 Å². The first-order valence-corrected chi connectivity index (χ1v) is 8.05. The molecule has 0 aromatic carbocycles. The van der Waals surface area contributed by atoms with Crippen molar-refractivity contribution in [3.63, 3.8) is 0 Å². The summed E-state index contributed by atoms with van der Waals surface area (Å²) in [6.07, 6.45) is 6.91. The largest absolute Gasteiger partial charge is 0.473 e. The highest BCUT2D eigenvalue weighted by Gasteiger charge is 2.48. The lowest BCUT2D eigenvalue weighted by Crippen LogP contribution is -2.65. The molecule has 6 heteroatoms. The molecule has 0 unspecified atom stereocenters. The zero-order valence-electron chi connectivity index (χ0n) is 13.3. The minimum atomic E-state index is -0.0766. The molecule has 122 valence electrons. The number of rotatable bonds is 4. The van der Waals surface area contributed by atoms with Gasteiger partial charge in [-0.25, -0.2) is 4.98 Å². The van der Waals surface area contributed by atoms with Crippen molar-refractivity contribution in [2.45, 2.75) is 38.0 Å². The first-order chi connectivity index (χ1) is 11.2. The summed E-state index contributed by atoms with van der Waals surface area (Å²) in [5.74, 6) is 2.57.